The summed E-state index contributed by atoms with van der Waals surface area (Å²) in [6, 6.07) is 19.3. The van der Waals surface area contributed by atoms with E-state index in [1.54, 1.807) is 14.2 Å². The Bertz CT molecular complexity index is 1420. The molecule has 2 aliphatic rings. The minimum atomic E-state index is -0.288. The van der Waals surface area contributed by atoms with Gasteiger partial charge in [-0.1, -0.05) is 24.3 Å². The SMILES string of the molecule is COc1cccc([C@H]2c3cccn3-c3sc4c(c3CN2C(=O)Nc2ccccc2OC)CCCC4)c1. The second kappa shape index (κ2) is 9.39. The Morgan fingerprint density at radius 2 is 1.83 bits per heavy atom. The predicted molar refractivity (Wildman–Crippen MR) is 143 cm³/mol. The molecule has 4 aromatic rings. The maximum Gasteiger partial charge on any atom is 0.323 e. The first-order valence-electron chi connectivity index (χ1n) is 12.3. The van der Waals surface area contributed by atoms with Crippen molar-refractivity contribution in [2.45, 2.75) is 38.3 Å². The van der Waals surface area contributed by atoms with Crippen LogP contribution in [0.3, 0.4) is 0 Å². The lowest BCUT2D eigenvalue weighted by molar-refractivity contribution is 0.194. The standard InChI is InChI=1S/C29H29N3O3S/c1-34-20-10-7-9-19(17-20)27-24-13-8-16-31(24)28-22(21-11-3-6-15-26(21)36-28)18-32(27)29(33)30-23-12-4-5-14-25(23)35-2/h4-5,7-10,12-14,16-17,27H,3,6,11,15,18H2,1-2H3,(H,30,33)/t27-/m0/s1. The Balaban J connectivity index is 1.50. The van der Waals surface area contributed by atoms with E-state index in [1.807, 2.05) is 58.7 Å². The smallest absolute Gasteiger partial charge is 0.323 e. The van der Waals surface area contributed by atoms with Crippen molar-refractivity contribution in [2.75, 3.05) is 19.5 Å². The monoisotopic (exact) mass is 499 g/mol. The fraction of sp³-hybridized carbons (Fsp3) is 0.276. The first-order valence-corrected chi connectivity index (χ1v) is 13.1. The summed E-state index contributed by atoms with van der Waals surface area (Å²) in [5.74, 6) is 1.41. The molecule has 0 fully saturated rings. The number of aromatic nitrogens is 1. The van der Waals surface area contributed by atoms with Gasteiger partial charge in [-0.3, -0.25) is 0 Å². The molecule has 2 aromatic heterocycles. The molecule has 2 amide bonds. The van der Waals surface area contributed by atoms with Crippen LogP contribution in [0, 0.1) is 0 Å². The number of urea groups is 1. The zero-order valence-electron chi connectivity index (χ0n) is 20.5. The second-order valence-electron chi connectivity index (χ2n) is 9.24. The molecule has 1 aliphatic heterocycles. The van der Waals surface area contributed by atoms with Crippen LogP contribution in [0.5, 0.6) is 11.5 Å². The summed E-state index contributed by atoms with van der Waals surface area (Å²) in [5.41, 5.74) is 5.43. The number of nitrogens with one attached hydrogen (secondary N) is 1. The Morgan fingerprint density at radius 3 is 2.69 bits per heavy atom. The van der Waals surface area contributed by atoms with E-state index in [2.05, 4.69) is 34.3 Å². The summed E-state index contributed by atoms with van der Waals surface area (Å²) in [6.07, 6.45) is 6.75. The number of thiophene rings is 1. The van der Waals surface area contributed by atoms with Gasteiger partial charge in [-0.15, -0.1) is 11.3 Å². The zero-order chi connectivity index (χ0) is 24.6. The molecule has 0 saturated heterocycles. The van der Waals surface area contributed by atoms with E-state index in [-0.39, 0.29) is 12.1 Å². The molecule has 7 heteroatoms. The third-order valence-corrected chi connectivity index (χ3v) is 8.53. The van der Waals surface area contributed by atoms with Gasteiger partial charge in [-0.2, -0.15) is 0 Å². The molecule has 0 bridgehead atoms. The van der Waals surface area contributed by atoms with Crippen molar-refractivity contribution in [3.8, 4) is 16.5 Å². The van der Waals surface area contributed by atoms with Crippen LogP contribution in [-0.2, 0) is 19.4 Å². The van der Waals surface area contributed by atoms with Crippen molar-refractivity contribution in [2.24, 2.45) is 0 Å². The summed E-state index contributed by atoms with van der Waals surface area (Å²) in [7, 11) is 3.29. The van der Waals surface area contributed by atoms with Crippen molar-refractivity contribution in [3.05, 3.63) is 94.1 Å². The second-order valence-corrected chi connectivity index (χ2v) is 10.3. The number of carbonyl (C=O) groups excluding carboxylic acids is 1. The van der Waals surface area contributed by atoms with Gasteiger partial charge in [0.2, 0.25) is 0 Å². The molecule has 36 heavy (non-hydrogen) atoms. The molecule has 3 heterocycles. The van der Waals surface area contributed by atoms with E-state index in [1.165, 1.54) is 33.8 Å². The van der Waals surface area contributed by atoms with E-state index >= 15 is 0 Å². The minimum absolute atomic E-state index is 0.163. The van der Waals surface area contributed by atoms with Gasteiger partial charge in [-0.25, -0.2) is 4.79 Å². The van der Waals surface area contributed by atoms with Crippen molar-refractivity contribution < 1.29 is 14.3 Å². The van der Waals surface area contributed by atoms with Crippen LogP contribution in [0.25, 0.3) is 5.00 Å². The number of ether oxygens (including phenoxy) is 2. The number of methoxy groups -OCH3 is 2. The molecular weight excluding hydrogens is 470 g/mol. The Morgan fingerprint density at radius 1 is 0.972 bits per heavy atom. The Labute approximate surface area is 215 Å². The van der Waals surface area contributed by atoms with E-state index < -0.39 is 0 Å². The van der Waals surface area contributed by atoms with Crippen molar-refractivity contribution in [1.82, 2.24) is 9.47 Å². The Hall–Kier alpha value is -3.71. The average Bonchev–Trinajstić information content (AvgIpc) is 3.50. The fourth-order valence-electron chi connectivity index (χ4n) is 5.48. The number of rotatable bonds is 4. The van der Waals surface area contributed by atoms with Crippen LogP contribution in [0.15, 0.2) is 66.9 Å². The van der Waals surface area contributed by atoms with E-state index in [4.69, 9.17) is 9.47 Å². The lowest BCUT2D eigenvalue weighted by Gasteiger charge is -2.31. The average molecular weight is 500 g/mol. The number of fused-ring (bicyclic) bond motifs is 5. The maximum atomic E-state index is 14.1. The van der Waals surface area contributed by atoms with Crippen LogP contribution in [0.1, 0.15) is 46.1 Å². The van der Waals surface area contributed by atoms with Gasteiger partial charge in [0.25, 0.3) is 0 Å². The fourth-order valence-corrected chi connectivity index (χ4v) is 6.89. The largest absolute Gasteiger partial charge is 0.497 e. The van der Waals surface area contributed by atoms with E-state index in [0.29, 0.717) is 18.0 Å². The van der Waals surface area contributed by atoms with Crippen molar-refractivity contribution in [1.29, 1.82) is 0 Å². The lowest BCUT2D eigenvalue weighted by Crippen LogP contribution is -2.38. The molecule has 1 atom stereocenters. The lowest BCUT2D eigenvalue weighted by atomic mass is 9.95. The summed E-state index contributed by atoms with van der Waals surface area (Å²) in [5, 5.41) is 4.38. The molecule has 0 spiro atoms. The molecular formula is C29H29N3O3S. The number of amides is 2. The maximum absolute atomic E-state index is 14.1. The van der Waals surface area contributed by atoms with Gasteiger partial charge in [0.05, 0.1) is 38.2 Å². The van der Waals surface area contributed by atoms with Gasteiger partial charge >= 0.3 is 6.03 Å². The highest BCUT2D eigenvalue weighted by Crippen LogP contribution is 2.44. The predicted octanol–water partition coefficient (Wildman–Crippen LogP) is 6.57. The number of hydrogen-bond acceptors (Lipinski definition) is 4. The first kappa shape index (κ1) is 22.7. The van der Waals surface area contributed by atoms with Gasteiger partial charge in [0.1, 0.15) is 16.5 Å². The molecule has 6 nitrogen and oxygen atoms in total. The third-order valence-electron chi connectivity index (χ3n) is 7.20. The number of para-hydroxylation sites is 2. The molecule has 6 rings (SSSR count). The molecule has 0 unspecified atom stereocenters. The topological polar surface area (TPSA) is 55.7 Å². The van der Waals surface area contributed by atoms with Gasteiger partial charge in [-0.05, 0) is 73.2 Å². The van der Waals surface area contributed by atoms with Gasteiger partial charge < -0.3 is 24.3 Å². The highest BCUT2D eigenvalue weighted by atomic mass is 32.1. The highest BCUT2D eigenvalue weighted by molar-refractivity contribution is 7.15. The van der Waals surface area contributed by atoms with Gasteiger partial charge in [0, 0.05) is 16.6 Å². The number of benzene rings is 2. The summed E-state index contributed by atoms with van der Waals surface area (Å²) in [4.78, 5) is 17.5. The summed E-state index contributed by atoms with van der Waals surface area (Å²) < 4.78 is 13.3. The Kier molecular flexibility index (Phi) is 5.93. The number of nitrogens with zero attached hydrogens (tertiary/aromatic N) is 2. The van der Waals surface area contributed by atoms with Crippen LogP contribution < -0.4 is 14.8 Å². The zero-order valence-corrected chi connectivity index (χ0v) is 21.3. The normalized spacial score (nSPS) is 16.4. The van der Waals surface area contributed by atoms with Crippen molar-refractivity contribution >= 4 is 23.1 Å². The third kappa shape index (κ3) is 3.84. The molecule has 2 aromatic carbocycles. The molecule has 0 radical (unpaired) electrons. The molecule has 1 aliphatic carbocycles. The quantitative estimate of drug-likeness (QED) is 0.345. The van der Waals surface area contributed by atoms with Crippen LogP contribution in [0.4, 0.5) is 10.5 Å². The van der Waals surface area contributed by atoms with E-state index in [9.17, 15) is 4.79 Å². The molecule has 0 saturated carbocycles. The summed E-state index contributed by atoms with van der Waals surface area (Å²) in [6.45, 7) is 0.533. The number of anilines is 1. The van der Waals surface area contributed by atoms with Crippen LogP contribution >= 0.6 is 11.3 Å². The number of carbonyl (C=O) groups is 1. The number of aryl methyl sites for hydroxylation is 1. The highest BCUT2D eigenvalue weighted by Gasteiger charge is 2.36. The van der Waals surface area contributed by atoms with Crippen LogP contribution in [-0.4, -0.2) is 29.7 Å². The molecule has 184 valence electrons. The van der Waals surface area contributed by atoms with Gasteiger partial charge in [0.15, 0.2) is 0 Å². The number of hydrogen-bond donors (Lipinski definition) is 1. The van der Waals surface area contributed by atoms with Crippen LogP contribution in [0.2, 0.25) is 0 Å². The van der Waals surface area contributed by atoms with E-state index in [0.717, 1.165) is 29.8 Å². The summed E-state index contributed by atoms with van der Waals surface area (Å²) >= 11 is 1.89. The van der Waals surface area contributed by atoms with Crippen molar-refractivity contribution in [3.63, 3.8) is 0 Å². The minimum Gasteiger partial charge on any atom is -0.497 e. The molecule has 1 N–H and O–H groups in total. The first-order chi connectivity index (χ1) is 17.7.